The Morgan fingerprint density at radius 1 is 0.905 bits per heavy atom. The molecule has 42 heavy (non-hydrogen) atoms. The van der Waals surface area contributed by atoms with Gasteiger partial charge in [-0.3, -0.25) is 9.59 Å². The predicted octanol–water partition coefficient (Wildman–Crippen LogP) is 7.61. The normalized spacial score (nSPS) is 22.1. The number of hydrogen-bond donors (Lipinski definition) is 0. The molecule has 1 aliphatic rings. The third kappa shape index (κ3) is 6.80. The monoisotopic (exact) mass is 590 g/mol. The van der Waals surface area contributed by atoms with Gasteiger partial charge in [0.15, 0.2) is 6.10 Å². The van der Waals surface area contributed by atoms with Crippen molar-refractivity contribution < 1.29 is 33.0 Å². The van der Waals surface area contributed by atoms with Crippen LogP contribution in [0.2, 0.25) is 5.02 Å². The topological polar surface area (TPSA) is 84.2 Å². The van der Waals surface area contributed by atoms with Gasteiger partial charge in [-0.15, -0.1) is 0 Å². The van der Waals surface area contributed by atoms with Crippen LogP contribution in [0, 0.1) is 5.92 Å². The van der Waals surface area contributed by atoms with Gasteiger partial charge < -0.3 is 23.4 Å². The predicted molar refractivity (Wildman–Crippen MR) is 159 cm³/mol. The second kappa shape index (κ2) is 13.0. The van der Waals surface area contributed by atoms with Crippen LogP contribution in [-0.2, 0) is 36.8 Å². The van der Waals surface area contributed by atoms with Gasteiger partial charge in [-0.1, -0.05) is 67.9 Å². The van der Waals surface area contributed by atoms with Crippen LogP contribution < -0.4 is 4.74 Å². The van der Waals surface area contributed by atoms with Crippen molar-refractivity contribution in [3.05, 3.63) is 100 Å². The summed E-state index contributed by atoms with van der Waals surface area (Å²) in [5.41, 5.74) is 3.58. The fraction of sp³-hybridized carbons (Fsp3) is 0.353. The maximum Gasteiger partial charge on any atom is 0.303 e. The number of carbonyl (C=O) groups is 2. The van der Waals surface area contributed by atoms with E-state index in [4.69, 9.17) is 35.0 Å². The van der Waals surface area contributed by atoms with Crippen LogP contribution in [-0.4, -0.2) is 30.3 Å². The Balaban J connectivity index is 1.32. The summed E-state index contributed by atoms with van der Waals surface area (Å²) in [6.07, 6.45) is -0.944. The van der Waals surface area contributed by atoms with E-state index in [1.807, 2.05) is 86.6 Å². The molecule has 0 saturated carbocycles. The Hall–Kier alpha value is -3.81. The van der Waals surface area contributed by atoms with Crippen molar-refractivity contribution in [2.75, 3.05) is 0 Å². The van der Waals surface area contributed by atoms with Crippen molar-refractivity contribution in [3.8, 4) is 5.75 Å². The van der Waals surface area contributed by atoms with Gasteiger partial charge in [0.1, 0.15) is 35.9 Å². The molecule has 8 heteroatoms. The number of para-hydroxylation sites is 1. The van der Waals surface area contributed by atoms with Gasteiger partial charge in [-0.05, 0) is 59.9 Å². The molecule has 0 spiro atoms. The summed E-state index contributed by atoms with van der Waals surface area (Å²) in [6.45, 7) is 7.01. The van der Waals surface area contributed by atoms with Gasteiger partial charge in [0, 0.05) is 30.2 Å². The van der Waals surface area contributed by atoms with Gasteiger partial charge in [-0.2, -0.15) is 0 Å². The summed E-state index contributed by atoms with van der Waals surface area (Å²) in [5, 5.41) is 1.66. The summed E-state index contributed by atoms with van der Waals surface area (Å²) >= 11 is 6.63. The first-order chi connectivity index (χ1) is 20.2. The SMILES string of the molecule is CC[C@H]1O[C@@H](c2ccc(Cl)c(Cc3ccc(OCc4cc5ccccc5o4)cc3)c2)[C@H](OC(C)=O)[C@@H](OC(C)=O)[C@@H]1C. The molecular formula is C34H35ClO7. The van der Waals surface area contributed by atoms with E-state index in [-0.39, 0.29) is 12.0 Å². The van der Waals surface area contributed by atoms with Crippen molar-refractivity contribution in [3.63, 3.8) is 0 Å². The Morgan fingerprint density at radius 3 is 2.31 bits per heavy atom. The summed E-state index contributed by atoms with van der Waals surface area (Å²) in [7, 11) is 0. The Kier molecular flexibility index (Phi) is 9.19. The fourth-order valence-electron chi connectivity index (χ4n) is 5.59. The van der Waals surface area contributed by atoms with Crippen molar-refractivity contribution in [2.24, 2.45) is 5.92 Å². The lowest BCUT2D eigenvalue weighted by molar-refractivity contribution is -0.225. The second-order valence-corrected chi connectivity index (χ2v) is 11.1. The highest BCUT2D eigenvalue weighted by Gasteiger charge is 2.47. The molecular weight excluding hydrogens is 556 g/mol. The summed E-state index contributed by atoms with van der Waals surface area (Å²) in [6, 6.07) is 23.4. The Labute approximate surface area is 250 Å². The van der Waals surface area contributed by atoms with E-state index in [2.05, 4.69) is 0 Å². The number of furan rings is 1. The number of esters is 2. The quantitative estimate of drug-likeness (QED) is 0.185. The molecule has 3 aromatic carbocycles. The standard InChI is InChI=1S/C34H35ClO7/c1-5-30-20(2)32(39-21(3)36)34(40-22(4)37)33(42-30)25-12-15-29(35)26(17-25)16-23-10-13-27(14-11-23)38-19-28-18-24-8-6-7-9-31(24)41-28/h6-15,17-18,20,30,32-34H,5,16,19H2,1-4H3/t20-,30-,32+,33+,34-/m1/s1. The number of hydrogen-bond acceptors (Lipinski definition) is 7. The molecule has 1 aliphatic heterocycles. The molecule has 1 aromatic heterocycles. The molecule has 0 radical (unpaired) electrons. The Bertz CT molecular complexity index is 1510. The molecule has 0 N–H and O–H groups in total. The van der Waals surface area contributed by atoms with Crippen molar-refractivity contribution in [1.82, 2.24) is 0 Å². The fourth-order valence-corrected chi connectivity index (χ4v) is 5.77. The van der Waals surface area contributed by atoms with Crippen LogP contribution in [0.1, 0.15) is 62.7 Å². The minimum absolute atomic E-state index is 0.154. The largest absolute Gasteiger partial charge is 0.486 e. The van der Waals surface area contributed by atoms with Crippen molar-refractivity contribution in [2.45, 2.75) is 71.6 Å². The van der Waals surface area contributed by atoms with Crippen LogP contribution in [0.3, 0.4) is 0 Å². The van der Waals surface area contributed by atoms with Gasteiger partial charge in [0.05, 0.1) is 6.10 Å². The highest BCUT2D eigenvalue weighted by atomic mass is 35.5. The Morgan fingerprint density at radius 2 is 1.62 bits per heavy atom. The number of carbonyl (C=O) groups excluding carboxylic acids is 2. The molecule has 0 unspecified atom stereocenters. The molecule has 0 aliphatic carbocycles. The maximum atomic E-state index is 12.1. The van der Waals surface area contributed by atoms with Crippen molar-refractivity contribution in [1.29, 1.82) is 0 Å². The summed E-state index contributed by atoms with van der Waals surface area (Å²) in [5.74, 6) is 0.441. The van der Waals surface area contributed by atoms with Gasteiger partial charge in [0.2, 0.25) is 0 Å². The molecule has 1 saturated heterocycles. The highest BCUT2D eigenvalue weighted by Crippen LogP contribution is 2.40. The zero-order chi connectivity index (χ0) is 29.8. The number of fused-ring (bicyclic) bond motifs is 1. The summed E-state index contributed by atoms with van der Waals surface area (Å²) < 4.78 is 29.6. The second-order valence-electron chi connectivity index (χ2n) is 10.7. The van der Waals surface area contributed by atoms with E-state index < -0.39 is 30.3 Å². The van der Waals surface area contributed by atoms with Gasteiger partial charge in [0.25, 0.3) is 0 Å². The third-order valence-electron chi connectivity index (χ3n) is 7.63. The summed E-state index contributed by atoms with van der Waals surface area (Å²) in [4.78, 5) is 24.0. The van der Waals surface area contributed by atoms with Crippen molar-refractivity contribution >= 4 is 34.5 Å². The molecule has 7 nitrogen and oxygen atoms in total. The maximum absolute atomic E-state index is 12.1. The van der Waals surface area contributed by atoms with E-state index in [0.29, 0.717) is 24.5 Å². The average molecular weight is 591 g/mol. The minimum atomic E-state index is -0.790. The molecule has 5 atom stereocenters. The number of ether oxygens (including phenoxy) is 4. The zero-order valence-corrected chi connectivity index (χ0v) is 24.9. The lowest BCUT2D eigenvalue weighted by Gasteiger charge is -2.44. The first-order valence-electron chi connectivity index (χ1n) is 14.2. The smallest absolute Gasteiger partial charge is 0.303 e. The highest BCUT2D eigenvalue weighted by molar-refractivity contribution is 6.31. The number of halogens is 1. The van der Waals surface area contributed by atoms with Gasteiger partial charge >= 0.3 is 11.9 Å². The third-order valence-corrected chi connectivity index (χ3v) is 8.00. The lowest BCUT2D eigenvalue weighted by Crippen LogP contribution is -2.52. The van der Waals surface area contributed by atoms with Gasteiger partial charge in [-0.25, -0.2) is 0 Å². The molecule has 220 valence electrons. The minimum Gasteiger partial charge on any atom is -0.486 e. The van der Waals surface area contributed by atoms with E-state index in [0.717, 1.165) is 39.2 Å². The first kappa shape index (κ1) is 29.7. The number of rotatable bonds is 9. The molecule has 0 bridgehead atoms. The lowest BCUT2D eigenvalue weighted by atomic mass is 9.84. The van der Waals surface area contributed by atoms with Crippen LogP contribution in [0.4, 0.5) is 0 Å². The number of benzene rings is 3. The molecule has 4 aromatic rings. The average Bonchev–Trinajstić information content (AvgIpc) is 3.39. The van der Waals surface area contributed by atoms with Crippen LogP contribution in [0.5, 0.6) is 5.75 Å². The zero-order valence-electron chi connectivity index (χ0n) is 24.2. The molecule has 0 amide bonds. The first-order valence-corrected chi connectivity index (χ1v) is 14.6. The molecule has 1 fully saturated rings. The molecule has 2 heterocycles. The van der Waals surface area contributed by atoms with E-state index in [1.54, 1.807) is 0 Å². The van der Waals surface area contributed by atoms with E-state index >= 15 is 0 Å². The van der Waals surface area contributed by atoms with E-state index in [1.165, 1.54) is 13.8 Å². The van der Waals surface area contributed by atoms with E-state index in [9.17, 15) is 9.59 Å². The van der Waals surface area contributed by atoms with Crippen LogP contribution in [0.25, 0.3) is 11.0 Å². The molecule has 5 rings (SSSR count). The van der Waals surface area contributed by atoms with Crippen LogP contribution in [0.15, 0.2) is 77.2 Å². The van der Waals surface area contributed by atoms with Crippen LogP contribution >= 0.6 is 11.6 Å².